The first-order valence-corrected chi connectivity index (χ1v) is 8.53. The van der Waals surface area contributed by atoms with Crippen molar-refractivity contribution in [1.29, 1.82) is 0 Å². The quantitative estimate of drug-likeness (QED) is 0.489. The summed E-state index contributed by atoms with van der Waals surface area (Å²) in [6.07, 6.45) is 1.49. The molecule has 0 atom stereocenters. The van der Waals surface area contributed by atoms with E-state index in [2.05, 4.69) is 15.5 Å². The lowest BCUT2D eigenvalue weighted by molar-refractivity contribution is 0.290. The van der Waals surface area contributed by atoms with Gasteiger partial charge in [-0.15, -0.1) is 11.3 Å². The van der Waals surface area contributed by atoms with Crippen LogP contribution in [0.15, 0.2) is 52.9 Å². The number of halogens is 2. The Balaban J connectivity index is 1.60. The lowest BCUT2D eigenvalue weighted by atomic mass is 10.2. The number of hydrazone groups is 1. The highest BCUT2D eigenvalue weighted by Crippen LogP contribution is 2.20. The van der Waals surface area contributed by atoms with Gasteiger partial charge in [-0.3, -0.25) is 5.43 Å². The number of benzene rings is 2. The van der Waals surface area contributed by atoms with E-state index in [9.17, 15) is 4.39 Å². The molecule has 25 heavy (non-hydrogen) atoms. The fourth-order valence-electron chi connectivity index (χ4n) is 2.00. The molecule has 0 fully saturated rings. The maximum absolute atomic E-state index is 14.1. The Labute approximate surface area is 152 Å². The van der Waals surface area contributed by atoms with Crippen molar-refractivity contribution < 1.29 is 9.13 Å². The zero-order valence-electron chi connectivity index (χ0n) is 12.9. The van der Waals surface area contributed by atoms with Gasteiger partial charge in [-0.25, -0.2) is 9.37 Å². The number of anilines is 2. The zero-order chi connectivity index (χ0) is 17.6. The SMILES string of the molecule is Nc1csc(NN=Cc2ccc(OCc3cccc(Cl)c3)c(F)c2)n1. The third-order valence-corrected chi connectivity index (χ3v) is 4.14. The van der Waals surface area contributed by atoms with Gasteiger partial charge in [0.15, 0.2) is 11.6 Å². The maximum atomic E-state index is 14.1. The van der Waals surface area contributed by atoms with Crippen LogP contribution in [0, 0.1) is 5.82 Å². The molecule has 0 amide bonds. The van der Waals surface area contributed by atoms with Crippen LogP contribution in [0.25, 0.3) is 0 Å². The van der Waals surface area contributed by atoms with Crippen molar-refractivity contribution in [2.75, 3.05) is 11.2 Å². The van der Waals surface area contributed by atoms with Gasteiger partial charge in [0.2, 0.25) is 5.13 Å². The molecule has 0 aliphatic rings. The van der Waals surface area contributed by atoms with Gasteiger partial charge in [-0.05, 0) is 41.5 Å². The van der Waals surface area contributed by atoms with Crippen LogP contribution in [0.5, 0.6) is 5.75 Å². The molecule has 3 aromatic rings. The van der Waals surface area contributed by atoms with E-state index < -0.39 is 5.82 Å². The number of nitrogens with two attached hydrogens (primary N) is 1. The number of rotatable bonds is 6. The van der Waals surface area contributed by atoms with Crippen molar-refractivity contribution >= 4 is 40.1 Å². The molecule has 0 bridgehead atoms. The minimum atomic E-state index is -0.468. The van der Waals surface area contributed by atoms with E-state index in [1.165, 1.54) is 23.6 Å². The monoisotopic (exact) mass is 376 g/mol. The van der Waals surface area contributed by atoms with Gasteiger partial charge in [-0.2, -0.15) is 5.10 Å². The van der Waals surface area contributed by atoms with Gasteiger partial charge < -0.3 is 10.5 Å². The average molecular weight is 377 g/mol. The Hall–Kier alpha value is -2.64. The van der Waals surface area contributed by atoms with Gasteiger partial charge in [0, 0.05) is 10.4 Å². The molecule has 128 valence electrons. The predicted molar refractivity (Wildman–Crippen MR) is 99.9 cm³/mol. The van der Waals surface area contributed by atoms with Crippen molar-refractivity contribution in [1.82, 2.24) is 4.98 Å². The molecule has 8 heteroatoms. The van der Waals surface area contributed by atoms with Gasteiger partial charge in [0.05, 0.1) is 6.21 Å². The normalized spacial score (nSPS) is 11.0. The number of thiazole rings is 1. The van der Waals surface area contributed by atoms with Gasteiger partial charge >= 0.3 is 0 Å². The summed E-state index contributed by atoms with van der Waals surface area (Å²) in [6, 6.07) is 11.8. The second kappa shape index (κ2) is 7.96. The minimum absolute atomic E-state index is 0.165. The van der Waals surface area contributed by atoms with Crippen molar-refractivity contribution in [3.05, 3.63) is 69.8 Å². The molecule has 1 aromatic heterocycles. The molecule has 0 radical (unpaired) electrons. The van der Waals surface area contributed by atoms with Crippen LogP contribution in [0.3, 0.4) is 0 Å². The topological polar surface area (TPSA) is 72.5 Å². The van der Waals surface area contributed by atoms with Crippen LogP contribution >= 0.6 is 22.9 Å². The Morgan fingerprint density at radius 1 is 1.32 bits per heavy atom. The summed E-state index contributed by atoms with van der Waals surface area (Å²) in [5.74, 6) is 0.122. The molecule has 2 aromatic carbocycles. The van der Waals surface area contributed by atoms with E-state index in [-0.39, 0.29) is 12.4 Å². The largest absolute Gasteiger partial charge is 0.486 e. The molecular weight excluding hydrogens is 363 g/mol. The van der Waals surface area contributed by atoms with E-state index in [0.717, 1.165) is 5.56 Å². The maximum Gasteiger partial charge on any atom is 0.205 e. The van der Waals surface area contributed by atoms with E-state index in [4.69, 9.17) is 22.1 Å². The highest BCUT2D eigenvalue weighted by molar-refractivity contribution is 7.14. The van der Waals surface area contributed by atoms with Crippen LogP contribution in [0.1, 0.15) is 11.1 Å². The second-order valence-electron chi connectivity index (χ2n) is 5.06. The molecule has 0 saturated heterocycles. The fraction of sp³-hybridized carbons (Fsp3) is 0.0588. The Morgan fingerprint density at radius 2 is 2.20 bits per heavy atom. The van der Waals surface area contributed by atoms with Gasteiger partial charge in [0.25, 0.3) is 0 Å². The lowest BCUT2D eigenvalue weighted by Gasteiger charge is -2.08. The van der Waals surface area contributed by atoms with Crippen LogP contribution in [0.2, 0.25) is 5.02 Å². The summed E-state index contributed by atoms with van der Waals surface area (Å²) in [4.78, 5) is 4.00. The average Bonchev–Trinajstić information content (AvgIpc) is 2.99. The highest BCUT2D eigenvalue weighted by atomic mass is 35.5. The van der Waals surface area contributed by atoms with E-state index in [0.29, 0.717) is 21.5 Å². The van der Waals surface area contributed by atoms with E-state index in [1.807, 2.05) is 12.1 Å². The number of aromatic nitrogens is 1. The highest BCUT2D eigenvalue weighted by Gasteiger charge is 2.05. The summed E-state index contributed by atoms with van der Waals surface area (Å²) < 4.78 is 19.6. The van der Waals surface area contributed by atoms with Crippen molar-refractivity contribution in [2.24, 2.45) is 5.10 Å². The predicted octanol–water partition coefficient (Wildman–Crippen LogP) is 4.54. The van der Waals surface area contributed by atoms with Crippen molar-refractivity contribution in [2.45, 2.75) is 6.61 Å². The Bertz CT molecular complexity index is 900. The second-order valence-corrected chi connectivity index (χ2v) is 6.35. The standard InChI is InChI=1S/C17H14ClFN4OS/c18-13-3-1-2-12(6-13)9-24-15-5-4-11(7-14(15)19)8-21-23-17-22-16(20)10-25-17/h1-8,10H,9,20H2,(H,22,23). The molecule has 5 nitrogen and oxygen atoms in total. The molecule has 1 heterocycles. The van der Waals surface area contributed by atoms with Crippen LogP contribution in [-0.4, -0.2) is 11.2 Å². The Kier molecular flexibility index (Phi) is 5.47. The summed E-state index contributed by atoms with van der Waals surface area (Å²) in [7, 11) is 0. The molecule has 0 spiro atoms. The third kappa shape index (κ3) is 4.91. The van der Waals surface area contributed by atoms with Crippen LogP contribution < -0.4 is 15.9 Å². The first-order valence-electron chi connectivity index (χ1n) is 7.27. The molecular formula is C17H14ClFN4OS. The molecule has 0 aliphatic carbocycles. The number of ether oxygens (including phenoxy) is 1. The smallest absolute Gasteiger partial charge is 0.205 e. The first kappa shape index (κ1) is 17.2. The van der Waals surface area contributed by atoms with Crippen molar-refractivity contribution in [3.8, 4) is 5.75 Å². The van der Waals surface area contributed by atoms with Crippen LogP contribution in [0.4, 0.5) is 15.3 Å². The summed E-state index contributed by atoms with van der Waals surface area (Å²) >= 11 is 7.24. The number of nitrogen functional groups attached to an aromatic ring is 1. The lowest BCUT2D eigenvalue weighted by Crippen LogP contribution is -1.98. The van der Waals surface area contributed by atoms with Crippen molar-refractivity contribution in [3.63, 3.8) is 0 Å². The zero-order valence-corrected chi connectivity index (χ0v) is 14.5. The van der Waals surface area contributed by atoms with Gasteiger partial charge in [0.1, 0.15) is 12.4 Å². The molecule has 0 unspecified atom stereocenters. The first-order chi connectivity index (χ1) is 12.1. The molecule has 3 rings (SSSR count). The van der Waals surface area contributed by atoms with E-state index >= 15 is 0 Å². The molecule has 0 saturated carbocycles. The summed E-state index contributed by atoms with van der Waals surface area (Å²) in [5, 5.41) is 6.87. The fourth-order valence-corrected chi connectivity index (χ4v) is 2.76. The number of nitrogens with zero attached hydrogens (tertiary/aromatic N) is 2. The van der Waals surface area contributed by atoms with E-state index in [1.54, 1.807) is 29.6 Å². The summed E-state index contributed by atoms with van der Waals surface area (Å²) in [6.45, 7) is 0.234. The summed E-state index contributed by atoms with van der Waals surface area (Å²) in [5.41, 5.74) is 9.70. The Morgan fingerprint density at radius 3 is 2.92 bits per heavy atom. The van der Waals surface area contributed by atoms with Gasteiger partial charge in [-0.1, -0.05) is 23.7 Å². The number of nitrogens with one attached hydrogen (secondary N) is 1. The molecule has 0 aliphatic heterocycles. The number of hydrogen-bond donors (Lipinski definition) is 2. The molecule has 3 N–H and O–H groups in total. The van der Waals surface area contributed by atoms with Crippen LogP contribution in [-0.2, 0) is 6.61 Å². The minimum Gasteiger partial charge on any atom is -0.486 e. The third-order valence-electron chi connectivity index (χ3n) is 3.14. The number of hydrogen-bond acceptors (Lipinski definition) is 6.